The van der Waals surface area contributed by atoms with Crippen LogP contribution in [-0.2, 0) is 4.79 Å². The molecule has 0 saturated carbocycles. The largest absolute Gasteiger partial charge is 0.388 e. The number of benzene rings is 1. The van der Waals surface area contributed by atoms with Gasteiger partial charge in [0.1, 0.15) is 0 Å². The number of fused-ring (bicyclic) bond motifs is 1. The first-order valence-corrected chi connectivity index (χ1v) is 7.12. The van der Waals surface area contributed by atoms with Crippen LogP contribution in [0.2, 0.25) is 0 Å². The fourth-order valence-electron chi connectivity index (χ4n) is 3.28. The minimum Gasteiger partial charge on any atom is -0.388 e. The predicted molar refractivity (Wildman–Crippen MR) is 79.5 cm³/mol. The molecule has 112 valence electrons. The zero-order chi connectivity index (χ0) is 15.0. The van der Waals surface area contributed by atoms with Crippen LogP contribution in [0.25, 0.3) is 0 Å². The fraction of sp³-hybridized carbons (Fsp3) is 0.500. The van der Waals surface area contributed by atoms with Gasteiger partial charge in [0.25, 0.3) is 5.69 Å². The van der Waals surface area contributed by atoms with Gasteiger partial charge >= 0.3 is 0 Å². The normalized spacial score (nSPS) is 24.4. The van der Waals surface area contributed by atoms with Gasteiger partial charge < -0.3 is 15.5 Å². The molecule has 2 fully saturated rings. The Bertz CT molecular complexity index is 590. The third kappa shape index (κ3) is 2.39. The van der Waals surface area contributed by atoms with Gasteiger partial charge in [-0.25, -0.2) is 0 Å². The molecule has 0 radical (unpaired) electrons. The van der Waals surface area contributed by atoms with Gasteiger partial charge in [-0.05, 0) is 18.9 Å². The summed E-state index contributed by atoms with van der Waals surface area (Å²) in [5.41, 5.74) is 1.58. The molecule has 2 N–H and O–H groups in total. The molecule has 3 rings (SSSR count). The highest BCUT2D eigenvalue weighted by molar-refractivity contribution is 5.83. The number of rotatable bonds is 3. The molecule has 2 aliphatic rings. The average Bonchev–Trinajstić information content (AvgIpc) is 2.88. The summed E-state index contributed by atoms with van der Waals surface area (Å²) in [6, 6.07) is 5.10. The van der Waals surface area contributed by atoms with E-state index in [2.05, 4.69) is 15.5 Å². The van der Waals surface area contributed by atoms with Gasteiger partial charge in [0.2, 0.25) is 5.91 Å². The number of nitrogens with one attached hydrogen (secondary N) is 2. The highest BCUT2D eigenvalue weighted by atomic mass is 16.6. The first-order chi connectivity index (χ1) is 10.1. The highest BCUT2D eigenvalue weighted by Gasteiger charge is 2.41. The second-order valence-electron chi connectivity index (χ2n) is 5.50. The van der Waals surface area contributed by atoms with Crippen molar-refractivity contribution >= 4 is 23.0 Å². The maximum atomic E-state index is 11.8. The number of non-ortho nitro benzene ring substituents is 1. The van der Waals surface area contributed by atoms with E-state index in [4.69, 9.17) is 0 Å². The second kappa shape index (κ2) is 5.23. The summed E-state index contributed by atoms with van der Waals surface area (Å²) in [6.07, 6.45) is 1.81. The number of nitro groups is 1. The Hall–Kier alpha value is -2.31. The molecule has 21 heavy (non-hydrogen) atoms. The number of carbonyl (C=O) groups is 1. The Morgan fingerprint density at radius 1 is 1.43 bits per heavy atom. The molecule has 7 nitrogen and oxygen atoms in total. The summed E-state index contributed by atoms with van der Waals surface area (Å²) in [7, 11) is 1.74. The highest BCUT2D eigenvalue weighted by Crippen LogP contribution is 2.34. The summed E-state index contributed by atoms with van der Waals surface area (Å²) in [5.74, 6) is 0.0972. The van der Waals surface area contributed by atoms with Crippen LogP contribution in [0.5, 0.6) is 0 Å². The van der Waals surface area contributed by atoms with E-state index < -0.39 is 0 Å². The van der Waals surface area contributed by atoms with Crippen LogP contribution in [0.4, 0.5) is 17.1 Å². The lowest BCUT2D eigenvalue weighted by molar-refractivity contribution is -0.384. The molecule has 2 aliphatic heterocycles. The summed E-state index contributed by atoms with van der Waals surface area (Å²) >= 11 is 0. The minimum absolute atomic E-state index is 0.00366. The average molecular weight is 290 g/mol. The first kappa shape index (κ1) is 13.7. The van der Waals surface area contributed by atoms with Gasteiger partial charge in [0.15, 0.2) is 0 Å². The van der Waals surface area contributed by atoms with Crippen molar-refractivity contribution in [2.75, 3.05) is 30.4 Å². The van der Waals surface area contributed by atoms with Crippen molar-refractivity contribution < 1.29 is 9.72 Å². The molecule has 7 heteroatoms. The molecule has 0 aliphatic carbocycles. The van der Waals surface area contributed by atoms with Gasteiger partial charge in [0, 0.05) is 43.6 Å². The molecule has 0 aromatic heterocycles. The summed E-state index contributed by atoms with van der Waals surface area (Å²) < 4.78 is 0. The van der Waals surface area contributed by atoms with Gasteiger partial charge in [-0.3, -0.25) is 14.9 Å². The Morgan fingerprint density at radius 2 is 2.24 bits per heavy atom. The van der Waals surface area contributed by atoms with Crippen molar-refractivity contribution in [3.05, 3.63) is 28.3 Å². The van der Waals surface area contributed by atoms with Crippen molar-refractivity contribution in [2.45, 2.75) is 18.9 Å². The standard InChI is InChI=1S/C14H18N4O3/c1-15-9-5-10(7-11(6-9)18(20)21)17-4-2-3-12-13(17)8-16-14(12)19/h5-7,12-13,15H,2-4,8H2,1H3,(H,16,19). The number of nitrogens with zero attached hydrogens (tertiary/aromatic N) is 2. The molecule has 1 aromatic carbocycles. The van der Waals surface area contributed by atoms with Crippen molar-refractivity contribution in [3.63, 3.8) is 0 Å². The quantitative estimate of drug-likeness (QED) is 0.648. The van der Waals surface area contributed by atoms with Crippen LogP contribution in [0.1, 0.15) is 12.8 Å². The molecule has 0 bridgehead atoms. The minimum atomic E-state index is -0.385. The van der Waals surface area contributed by atoms with Crippen LogP contribution in [0.3, 0.4) is 0 Å². The van der Waals surface area contributed by atoms with Crippen LogP contribution in [0.15, 0.2) is 18.2 Å². The molecule has 1 aromatic rings. The topological polar surface area (TPSA) is 87.5 Å². The molecule has 2 saturated heterocycles. The number of nitro benzene ring substituents is 1. The second-order valence-corrected chi connectivity index (χ2v) is 5.50. The molecule has 2 heterocycles. The van der Waals surface area contributed by atoms with E-state index in [9.17, 15) is 14.9 Å². The van der Waals surface area contributed by atoms with E-state index >= 15 is 0 Å². The lowest BCUT2D eigenvalue weighted by Crippen LogP contribution is -2.45. The number of hydrogen-bond acceptors (Lipinski definition) is 5. The third-order valence-electron chi connectivity index (χ3n) is 4.33. The van der Waals surface area contributed by atoms with E-state index in [-0.39, 0.29) is 28.5 Å². The van der Waals surface area contributed by atoms with E-state index in [1.807, 2.05) is 6.07 Å². The predicted octanol–water partition coefficient (Wildman–Crippen LogP) is 1.35. The van der Waals surface area contributed by atoms with Gasteiger partial charge in [-0.15, -0.1) is 0 Å². The van der Waals surface area contributed by atoms with E-state index in [0.717, 1.165) is 25.1 Å². The maximum absolute atomic E-state index is 11.8. The number of hydrogen-bond donors (Lipinski definition) is 2. The van der Waals surface area contributed by atoms with Gasteiger partial charge in [-0.1, -0.05) is 0 Å². The summed E-state index contributed by atoms with van der Waals surface area (Å²) in [6.45, 7) is 1.43. The number of anilines is 2. The van der Waals surface area contributed by atoms with Crippen LogP contribution < -0.4 is 15.5 Å². The number of carbonyl (C=O) groups excluding carboxylic acids is 1. The van der Waals surface area contributed by atoms with E-state index in [0.29, 0.717) is 12.2 Å². The Morgan fingerprint density at radius 3 is 2.95 bits per heavy atom. The third-order valence-corrected chi connectivity index (χ3v) is 4.33. The Balaban J connectivity index is 1.97. The fourth-order valence-corrected chi connectivity index (χ4v) is 3.28. The number of amides is 1. The zero-order valence-electron chi connectivity index (χ0n) is 11.8. The number of piperidine rings is 1. The zero-order valence-corrected chi connectivity index (χ0v) is 11.8. The lowest BCUT2D eigenvalue weighted by atomic mass is 9.91. The van der Waals surface area contributed by atoms with Gasteiger partial charge in [-0.2, -0.15) is 0 Å². The van der Waals surface area contributed by atoms with E-state index in [1.54, 1.807) is 13.1 Å². The summed E-state index contributed by atoms with van der Waals surface area (Å²) in [4.78, 5) is 24.6. The smallest absolute Gasteiger partial charge is 0.273 e. The summed E-state index contributed by atoms with van der Waals surface area (Å²) in [5, 5.41) is 16.9. The van der Waals surface area contributed by atoms with Crippen molar-refractivity contribution in [2.24, 2.45) is 5.92 Å². The molecular formula is C14H18N4O3. The SMILES string of the molecule is CNc1cc(N2CCCC3C(=O)NCC32)cc([N+](=O)[O-])c1. The molecule has 2 atom stereocenters. The van der Waals surface area contributed by atoms with Crippen molar-refractivity contribution in [3.8, 4) is 0 Å². The molecular weight excluding hydrogens is 272 g/mol. The first-order valence-electron chi connectivity index (χ1n) is 7.12. The maximum Gasteiger partial charge on any atom is 0.273 e. The Labute approximate surface area is 122 Å². The molecule has 2 unspecified atom stereocenters. The van der Waals surface area contributed by atoms with Crippen molar-refractivity contribution in [1.29, 1.82) is 0 Å². The van der Waals surface area contributed by atoms with Crippen LogP contribution in [0, 0.1) is 16.0 Å². The Kier molecular flexibility index (Phi) is 3.40. The van der Waals surface area contributed by atoms with Gasteiger partial charge in [0.05, 0.1) is 16.9 Å². The van der Waals surface area contributed by atoms with E-state index in [1.165, 1.54) is 6.07 Å². The lowest BCUT2D eigenvalue weighted by Gasteiger charge is -2.37. The van der Waals surface area contributed by atoms with Crippen LogP contribution in [-0.4, -0.2) is 37.0 Å². The van der Waals surface area contributed by atoms with Crippen LogP contribution >= 0.6 is 0 Å². The molecule has 0 spiro atoms. The van der Waals surface area contributed by atoms with Crippen molar-refractivity contribution in [1.82, 2.24) is 5.32 Å². The molecule has 1 amide bonds. The monoisotopic (exact) mass is 290 g/mol.